The number of rotatable bonds is 0. The van der Waals surface area contributed by atoms with Gasteiger partial charge in [0.25, 0.3) is 0 Å². The highest BCUT2D eigenvalue weighted by Gasteiger charge is 1.97. The van der Waals surface area contributed by atoms with Crippen LogP contribution in [0, 0.1) is 0 Å². The van der Waals surface area contributed by atoms with Gasteiger partial charge in [-0.05, 0) is 14.2 Å². The van der Waals surface area contributed by atoms with Gasteiger partial charge in [-0.25, -0.2) is 4.39 Å². The molecule has 0 saturated heterocycles. The average Bonchev–Trinajstić information content (AvgIpc) is 1.77. The third-order valence-electron chi connectivity index (χ3n) is 0.669. The van der Waals surface area contributed by atoms with E-state index in [-0.39, 0.29) is 31.6 Å². The molecule has 0 aromatic heterocycles. The third-order valence-corrected chi connectivity index (χ3v) is 3.08. The second-order valence-corrected chi connectivity index (χ2v) is 3.69. The van der Waals surface area contributed by atoms with E-state index in [2.05, 4.69) is 0 Å². The second kappa shape index (κ2) is 2.73. The highest BCUT2D eigenvalue weighted by molar-refractivity contribution is 14.2. The smallest absolute Gasteiger partial charge is 0.142 e. The van der Waals surface area contributed by atoms with Crippen LogP contribution in [0.25, 0.3) is 0 Å². The molecule has 0 bridgehead atoms. The monoisotopic (exact) mass is 244 g/mol. The fourth-order valence-corrected chi connectivity index (χ4v) is 2.04. The zero-order valence-electron chi connectivity index (χ0n) is 3.87. The van der Waals surface area contributed by atoms with Crippen molar-refractivity contribution in [3.8, 4) is 0 Å². The van der Waals surface area contributed by atoms with E-state index in [4.69, 9.17) is 11.6 Å². The van der Waals surface area contributed by atoms with Gasteiger partial charge in [0, 0.05) is 0 Å². The molecule has 0 atom stereocenters. The van der Waals surface area contributed by atoms with Crippen molar-refractivity contribution in [1.82, 2.24) is 0 Å². The first kappa shape index (κ1) is 6.42. The first-order valence-corrected chi connectivity index (χ1v) is 4.84. The van der Waals surface area contributed by atoms with Crippen molar-refractivity contribution in [1.29, 1.82) is 0 Å². The summed E-state index contributed by atoms with van der Waals surface area (Å²) in [6.07, 6.45) is 1.43. The molecule has 8 heavy (non-hydrogen) atoms. The Bertz CT molecular complexity index is 161. The van der Waals surface area contributed by atoms with E-state index in [0.29, 0.717) is 0 Å². The van der Waals surface area contributed by atoms with Crippen LogP contribution in [0.15, 0.2) is 21.0 Å². The number of hydrogen-bond donors (Lipinski definition) is 0. The van der Waals surface area contributed by atoms with Gasteiger partial charge in [0.05, 0.1) is 5.03 Å². The second-order valence-electron chi connectivity index (χ2n) is 1.22. The standard InChI is InChI=1S/C5H3ClFI/c6-4-3-8-2-1-5(4)7/h1-3H. The van der Waals surface area contributed by atoms with E-state index in [9.17, 15) is 4.39 Å². The molecule has 0 fully saturated rings. The highest BCUT2D eigenvalue weighted by Crippen LogP contribution is 2.19. The molecule has 1 heterocycles. The zero-order valence-corrected chi connectivity index (χ0v) is 6.78. The van der Waals surface area contributed by atoms with Gasteiger partial charge in [-0.15, -0.1) is 0 Å². The topological polar surface area (TPSA) is 0 Å². The molecule has 0 aliphatic carbocycles. The molecular formula is C5H3ClFI. The maximum atomic E-state index is 12.2. The van der Waals surface area contributed by atoms with Gasteiger partial charge in [-0.2, -0.15) is 0 Å². The minimum absolute atomic E-state index is 0.0881. The van der Waals surface area contributed by atoms with E-state index < -0.39 is 0 Å². The van der Waals surface area contributed by atoms with Crippen LogP contribution in [0.4, 0.5) is 4.39 Å². The Labute approximate surface area is 61.8 Å². The molecule has 3 heteroatoms. The van der Waals surface area contributed by atoms with Gasteiger partial charge in [0.15, 0.2) is 0 Å². The van der Waals surface area contributed by atoms with Crippen molar-refractivity contribution in [2.24, 2.45) is 0 Å². The Morgan fingerprint density at radius 2 is 2.38 bits per heavy atom. The lowest BCUT2D eigenvalue weighted by Gasteiger charge is -1.92. The van der Waals surface area contributed by atoms with E-state index in [1.165, 1.54) is 6.08 Å². The fourth-order valence-electron chi connectivity index (χ4n) is 0.315. The molecule has 0 unspecified atom stereocenters. The van der Waals surface area contributed by atoms with E-state index >= 15 is 0 Å². The van der Waals surface area contributed by atoms with Crippen molar-refractivity contribution in [2.45, 2.75) is 0 Å². The van der Waals surface area contributed by atoms with Crippen LogP contribution in [0.2, 0.25) is 0 Å². The zero-order chi connectivity index (χ0) is 5.98. The van der Waals surface area contributed by atoms with E-state index in [1.54, 1.807) is 4.01 Å². The van der Waals surface area contributed by atoms with Gasteiger partial charge in [0.1, 0.15) is 5.83 Å². The summed E-state index contributed by atoms with van der Waals surface area (Å²) in [5.74, 6) is -0.308. The molecule has 1 aliphatic rings. The molecule has 0 aromatic carbocycles. The Morgan fingerprint density at radius 3 is 2.75 bits per heavy atom. The molecule has 44 valence electrons. The highest BCUT2D eigenvalue weighted by atomic mass is 127. The Kier molecular flexibility index (Phi) is 2.19. The van der Waals surface area contributed by atoms with Crippen molar-refractivity contribution in [2.75, 3.05) is 0 Å². The lowest BCUT2D eigenvalue weighted by Crippen LogP contribution is -1.76. The maximum absolute atomic E-state index is 12.2. The van der Waals surface area contributed by atoms with Crippen molar-refractivity contribution in [3.05, 3.63) is 21.0 Å². The quantitative estimate of drug-likeness (QED) is 0.575. The summed E-state index contributed by atoms with van der Waals surface area (Å²) in [6.45, 7) is 0. The SMILES string of the molecule is FC1=C(Cl)C=IC=C1. The number of hydrogen-bond acceptors (Lipinski definition) is 0. The third kappa shape index (κ3) is 1.39. The summed E-state index contributed by atoms with van der Waals surface area (Å²) in [7, 11) is 0. The van der Waals surface area contributed by atoms with Crippen LogP contribution in [-0.2, 0) is 0 Å². The average molecular weight is 244 g/mol. The molecule has 0 aromatic rings. The van der Waals surface area contributed by atoms with Crippen molar-refractivity contribution in [3.63, 3.8) is 0 Å². The first-order valence-electron chi connectivity index (χ1n) is 1.98. The predicted octanol–water partition coefficient (Wildman–Crippen LogP) is 2.71. The summed E-state index contributed by atoms with van der Waals surface area (Å²) in [5, 5.41) is 0.278. The number of allylic oxidation sites excluding steroid dienone is 3. The van der Waals surface area contributed by atoms with Gasteiger partial charge in [-0.3, -0.25) is 0 Å². The molecule has 0 N–H and O–H groups in total. The van der Waals surface area contributed by atoms with Gasteiger partial charge in [0.2, 0.25) is 0 Å². The Balaban J connectivity index is 2.97. The van der Waals surface area contributed by atoms with Gasteiger partial charge in [-0.1, -0.05) is 32.3 Å². The van der Waals surface area contributed by atoms with Crippen LogP contribution in [0.1, 0.15) is 0 Å². The molecule has 1 rings (SSSR count). The summed E-state index contributed by atoms with van der Waals surface area (Å²) in [4.78, 5) is 0. The van der Waals surface area contributed by atoms with E-state index in [1.807, 2.05) is 4.08 Å². The maximum Gasteiger partial charge on any atom is 0.142 e. The molecule has 0 radical (unpaired) electrons. The van der Waals surface area contributed by atoms with Crippen LogP contribution in [-0.4, -0.2) is 4.01 Å². The van der Waals surface area contributed by atoms with Crippen LogP contribution < -0.4 is 0 Å². The molecule has 0 spiro atoms. The Hall–Kier alpha value is 0.300. The largest absolute Gasteiger partial charge is 0.205 e. The fraction of sp³-hybridized carbons (Fsp3) is 0. The minimum atomic E-state index is -0.308. The van der Waals surface area contributed by atoms with Crippen LogP contribution in [0.3, 0.4) is 0 Å². The summed E-state index contributed by atoms with van der Waals surface area (Å²) < 4.78 is 15.8. The molecular weight excluding hydrogens is 241 g/mol. The van der Waals surface area contributed by atoms with Crippen LogP contribution >= 0.6 is 32.3 Å². The molecule has 0 saturated carbocycles. The molecule has 0 nitrogen and oxygen atoms in total. The van der Waals surface area contributed by atoms with E-state index in [0.717, 1.165) is 0 Å². The van der Waals surface area contributed by atoms with Crippen LogP contribution in [0.5, 0.6) is 0 Å². The molecule has 1 aliphatic heterocycles. The predicted molar refractivity (Wildman–Crippen MR) is 43.2 cm³/mol. The lowest BCUT2D eigenvalue weighted by atomic mass is 10.5. The van der Waals surface area contributed by atoms with Crippen molar-refractivity contribution < 1.29 is 4.39 Å². The summed E-state index contributed by atoms with van der Waals surface area (Å²) in [5.41, 5.74) is 0. The van der Waals surface area contributed by atoms with Gasteiger partial charge >= 0.3 is 0 Å². The lowest BCUT2D eigenvalue weighted by molar-refractivity contribution is 0.667. The number of halogens is 3. The summed E-state index contributed by atoms with van der Waals surface area (Å²) >= 11 is 5.30. The van der Waals surface area contributed by atoms with Crippen molar-refractivity contribution >= 4 is 36.3 Å². The molecule has 0 amide bonds. The first-order chi connectivity index (χ1) is 3.80. The normalized spacial score (nSPS) is 18.8. The minimum Gasteiger partial charge on any atom is -0.205 e. The Morgan fingerprint density at radius 1 is 1.62 bits per heavy atom. The summed E-state index contributed by atoms with van der Waals surface area (Å²) in [6, 6.07) is 0. The van der Waals surface area contributed by atoms with Gasteiger partial charge < -0.3 is 0 Å².